The van der Waals surface area contributed by atoms with E-state index in [2.05, 4.69) is 5.92 Å². The molecule has 1 rings (SSSR count). The summed E-state index contributed by atoms with van der Waals surface area (Å²) in [6, 6.07) is 3.45. The largest absolute Gasteiger partial charge is 0.207 e. The smallest absolute Gasteiger partial charge is 0.136 e. The minimum atomic E-state index is -0.411. The summed E-state index contributed by atoms with van der Waals surface area (Å²) in [6.07, 6.45) is 6.56. The van der Waals surface area contributed by atoms with Crippen molar-refractivity contribution < 1.29 is 8.78 Å². The van der Waals surface area contributed by atoms with E-state index in [1.807, 2.05) is 0 Å². The first-order valence-electron chi connectivity index (χ1n) is 4.25. The summed E-state index contributed by atoms with van der Waals surface area (Å²) in [4.78, 5) is 0.349. The van der Waals surface area contributed by atoms with Crippen molar-refractivity contribution in [1.82, 2.24) is 0 Å². The highest BCUT2D eigenvalue weighted by atomic mass is 32.2. The molecular formula is C11H10F2S. The first-order chi connectivity index (χ1) is 6.74. The lowest BCUT2D eigenvalue weighted by atomic mass is 10.3. The van der Waals surface area contributed by atoms with Gasteiger partial charge in [-0.3, -0.25) is 0 Å². The van der Waals surface area contributed by atoms with Gasteiger partial charge >= 0.3 is 0 Å². The Morgan fingerprint density at radius 1 is 1.36 bits per heavy atom. The monoisotopic (exact) mass is 212 g/mol. The molecule has 0 amide bonds. The molecule has 0 unspecified atom stereocenters. The van der Waals surface area contributed by atoms with Gasteiger partial charge in [0.15, 0.2) is 0 Å². The fourth-order valence-corrected chi connectivity index (χ4v) is 1.85. The Kier molecular flexibility index (Phi) is 4.48. The van der Waals surface area contributed by atoms with Crippen LogP contribution in [0.1, 0.15) is 12.8 Å². The number of unbranched alkanes of at least 4 members (excludes halogenated alkanes) is 1. The summed E-state index contributed by atoms with van der Waals surface area (Å²) >= 11 is 1.29. The van der Waals surface area contributed by atoms with Gasteiger partial charge in [-0.15, -0.1) is 24.1 Å². The highest BCUT2D eigenvalue weighted by molar-refractivity contribution is 7.99. The average Bonchev–Trinajstić information content (AvgIpc) is 2.18. The van der Waals surface area contributed by atoms with Crippen molar-refractivity contribution in [2.24, 2.45) is 0 Å². The molecule has 0 heterocycles. The summed E-state index contributed by atoms with van der Waals surface area (Å²) in [7, 11) is 0. The van der Waals surface area contributed by atoms with Crippen LogP contribution < -0.4 is 0 Å². The molecular weight excluding hydrogens is 202 g/mol. The fraction of sp³-hybridized carbons (Fsp3) is 0.273. The number of hydrogen-bond donors (Lipinski definition) is 0. The quantitative estimate of drug-likeness (QED) is 0.418. The molecule has 0 bridgehead atoms. The van der Waals surface area contributed by atoms with Crippen molar-refractivity contribution in [3.8, 4) is 12.3 Å². The highest BCUT2D eigenvalue weighted by Crippen LogP contribution is 2.23. The molecule has 1 aromatic rings. The van der Waals surface area contributed by atoms with Gasteiger partial charge in [0.05, 0.1) is 0 Å². The third kappa shape index (κ3) is 3.39. The molecule has 0 radical (unpaired) electrons. The topological polar surface area (TPSA) is 0 Å². The fourth-order valence-electron chi connectivity index (χ4n) is 0.944. The van der Waals surface area contributed by atoms with E-state index in [0.29, 0.717) is 17.1 Å². The van der Waals surface area contributed by atoms with Crippen molar-refractivity contribution >= 4 is 11.8 Å². The maximum atomic E-state index is 13.1. The molecule has 74 valence electrons. The van der Waals surface area contributed by atoms with Gasteiger partial charge in [0.25, 0.3) is 0 Å². The number of benzene rings is 1. The number of rotatable bonds is 4. The average molecular weight is 212 g/mol. The number of terminal acetylenes is 1. The Morgan fingerprint density at radius 2 is 2.14 bits per heavy atom. The third-order valence-corrected chi connectivity index (χ3v) is 2.73. The van der Waals surface area contributed by atoms with Gasteiger partial charge in [0, 0.05) is 11.3 Å². The third-order valence-electron chi connectivity index (χ3n) is 1.62. The number of halogens is 2. The molecule has 0 aromatic heterocycles. The van der Waals surface area contributed by atoms with Crippen LogP contribution in [0.25, 0.3) is 0 Å². The maximum absolute atomic E-state index is 13.1. The Morgan fingerprint density at radius 3 is 2.86 bits per heavy atom. The standard InChI is InChI=1S/C11H10F2S/c1-2-3-4-7-14-11-8-9(12)5-6-10(11)13/h1,5-6,8H,3-4,7H2. The summed E-state index contributed by atoms with van der Waals surface area (Å²) in [6.45, 7) is 0. The van der Waals surface area contributed by atoms with Crippen molar-refractivity contribution in [2.45, 2.75) is 17.7 Å². The lowest BCUT2D eigenvalue weighted by molar-refractivity contribution is 0.577. The zero-order chi connectivity index (χ0) is 10.4. The first kappa shape index (κ1) is 11.1. The SMILES string of the molecule is C#CCCCSc1cc(F)ccc1F. The second-order valence-electron chi connectivity index (χ2n) is 2.73. The van der Waals surface area contributed by atoms with E-state index in [-0.39, 0.29) is 5.82 Å². The minimum absolute atomic E-state index is 0.349. The summed E-state index contributed by atoms with van der Waals surface area (Å²) in [5, 5.41) is 0. The molecule has 0 aliphatic rings. The van der Waals surface area contributed by atoms with Gasteiger partial charge in [-0.05, 0) is 30.4 Å². The molecule has 14 heavy (non-hydrogen) atoms. The molecule has 3 heteroatoms. The van der Waals surface area contributed by atoms with E-state index in [4.69, 9.17) is 6.42 Å². The zero-order valence-corrected chi connectivity index (χ0v) is 8.41. The van der Waals surface area contributed by atoms with Crippen LogP contribution in [0.2, 0.25) is 0 Å². The van der Waals surface area contributed by atoms with E-state index in [0.717, 1.165) is 18.6 Å². The van der Waals surface area contributed by atoms with E-state index >= 15 is 0 Å². The van der Waals surface area contributed by atoms with E-state index < -0.39 is 5.82 Å². The molecule has 0 spiro atoms. The Bertz CT molecular complexity index is 342. The van der Waals surface area contributed by atoms with Gasteiger partial charge in [-0.2, -0.15) is 0 Å². The van der Waals surface area contributed by atoms with Crippen LogP contribution >= 0.6 is 11.8 Å². The molecule has 0 aliphatic carbocycles. The molecule has 0 nitrogen and oxygen atoms in total. The van der Waals surface area contributed by atoms with Gasteiger partial charge in [-0.25, -0.2) is 8.78 Å². The van der Waals surface area contributed by atoms with Crippen LogP contribution in [0.15, 0.2) is 23.1 Å². The number of hydrogen-bond acceptors (Lipinski definition) is 1. The summed E-state index contributed by atoms with van der Waals surface area (Å²) in [5.74, 6) is 2.42. The molecule has 1 aromatic carbocycles. The lowest BCUT2D eigenvalue weighted by Crippen LogP contribution is -1.85. The second-order valence-corrected chi connectivity index (χ2v) is 3.87. The van der Waals surface area contributed by atoms with Crippen LogP contribution in [0, 0.1) is 24.0 Å². The molecule has 0 saturated carbocycles. The molecule has 0 fully saturated rings. The van der Waals surface area contributed by atoms with Crippen molar-refractivity contribution in [2.75, 3.05) is 5.75 Å². The summed E-state index contributed by atoms with van der Waals surface area (Å²) in [5.41, 5.74) is 0. The number of thioether (sulfide) groups is 1. The van der Waals surface area contributed by atoms with Crippen LogP contribution in [-0.2, 0) is 0 Å². The van der Waals surface area contributed by atoms with Gasteiger partial charge in [0.2, 0.25) is 0 Å². The summed E-state index contributed by atoms with van der Waals surface area (Å²) < 4.78 is 25.8. The van der Waals surface area contributed by atoms with Crippen molar-refractivity contribution in [1.29, 1.82) is 0 Å². The predicted octanol–water partition coefficient (Wildman–Crippen LogP) is 3.47. The predicted molar refractivity (Wildman–Crippen MR) is 55.1 cm³/mol. The Hall–Kier alpha value is -1.01. The maximum Gasteiger partial charge on any atom is 0.136 e. The van der Waals surface area contributed by atoms with Gasteiger partial charge in [0.1, 0.15) is 11.6 Å². The Balaban J connectivity index is 2.50. The first-order valence-corrected chi connectivity index (χ1v) is 5.24. The lowest BCUT2D eigenvalue weighted by Gasteiger charge is -2.01. The molecule has 0 atom stereocenters. The van der Waals surface area contributed by atoms with Crippen LogP contribution in [0.3, 0.4) is 0 Å². The molecule has 0 aliphatic heterocycles. The van der Waals surface area contributed by atoms with Gasteiger partial charge < -0.3 is 0 Å². The van der Waals surface area contributed by atoms with Crippen LogP contribution in [0.5, 0.6) is 0 Å². The van der Waals surface area contributed by atoms with Crippen molar-refractivity contribution in [3.63, 3.8) is 0 Å². The minimum Gasteiger partial charge on any atom is -0.207 e. The van der Waals surface area contributed by atoms with Crippen LogP contribution in [-0.4, -0.2) is 5.75 Å². The Labute approximate surface area is 86.7 Å². The normalized spacial score (nSPS) is 9.79. The van der Waals surface area contributed by atoms with E-state index in [9.17, 15) is 8.78 Å². The van der Waals surface area contributed by atoms with Gasteiger partial charge in [-0.1, -0.05) is 0 Å². The molecule has 0 N–H and O–H groups in total. The highest BCUT2D eigenvalue weighted by Gasteiger charge is 2.03. The molecule has 0 saturated heterocycles. The zero-order valence-electron chi connectivity index (χ0n) is 7.59. The second kappa shape index (κ2) is 5.66. The van der Waals surface area contributed by atoms with Crippen LogP contribution in [0.4, 0.5) is 8.78 Å². The van der Waals surface area contributed by atoms with Crippen molar-refractivity contribution in [3.05, 3.63) is 29.8 Å². The van der Waals surface area contributed by atoms with E-state index in [1.165, 1.54) is 17.8 Å². The van der Waals surface area contributed by atoms with E-state index in [1.54, 1.807) is 0 Å².